The van der Waals surface area contributed by atoms with Crippen molar-refractivity contribution in [2.75, 3.05) is 18.0 Å². The summed E-state index contributed by atoms with van der Waals surface area (Å²) in [6.07, 6.45) is 1.73. The Balaban J connectivity index is 2.53. The highest BCUT2D eigenvalue weighted by molar-refractivity contribution is 6.48. The molecule has 22 heavy (non-hydrogen) atoms. The molecule has 118 valence electrons. The van der Waals surface area contributed by atoms with Crippen LogP contribution in [0, 0.1) is 0 Å². The summed E-state index contributed by atoms with van der Waals surface area (Å²) in [5.41, 5.74) is 2.34. The number of hydrogen-bond acceptors (Lipinski definition) is 3. The van der Waals surface area contributed by atoms with Crippen molar-refractivity contribution >= 4 is 28.4 Å². The third-order valence-electron chi connectivity index (χ3n) is 3.73. The van der Waals surface area contributed by atoms with Gasteiger partial charge in [-0.1, -0.05) is 23.7 Å². The molecule has 0 amide bonds. The maximum atomic E-state index is 12.2. The molecule has 1 heterocycles. The van der Waals surface area contributed by atoms with E-state index in [1.54, 1.807) is 13.1 Å². The van der Waals surface area contributed by atoms with Gasteiger partial charge in [0.25, 0.3) is 5.56 Å². The number of hydrogen-bond donors (Lipinski definition) is 0. The molecule has 1 aromatic carbocycles. The van der Waals surface area contributed by atoms with E-state index >= 15 is 0 Å². The van der Waals surface area contributed by atoms with Gasteiger partial charge in [0.1, 0.15) is 0 Å². The molecule has 0 bridgehead atoms. The average molecular weight is 321 g/mol. The highest BCUT2D eigenvalue weighted by Gasteiger charge is 2.09. The Morgan fingerprint density at radius 2 is 1.86 bits per heavy atom. The van der Waals surface area contributed by atoms with E-state index in [9.17, 15) is 4.79 Å². The van der Waals surface area contributed by atoms with E-state index in [1.807, 2.05) is 31.2 Å². The first-order valence-corrected chi connectivity index (χ1v) is 7.78. The summed E-state index contributed by atoms with van der Waals surface area (Å²) in [6.45, 7) is 7.94. The molecule has 0 radical (unpaired) electrons. The Kier molecular flexibility index (Phi) is 5.14. The first-order valence-electron chi connectivity index (χ1n) is 7.40. The maximum absolute atomic E-state index is 12.2. The van der Waals surface area contributed by atoms with Crippen LogP contribution in [0.5, 0.6) is 0 Å². The van der Waals surface area contributed by atoms with Crippen LogP contribution in [0.3, 0.4) is 0 Å². The average Bonchev–Trinajstić information content (AvgIpc) is 2.84. The van der Waals surface area contributed by atoms with Crippen LogP contribution in [-0.4, -0.2) is 17.7 Å². The molecular weight excluding hydrogens is 300 g/mol. The number of rotatable bonds is 4. The number of anilines is 1. The highest BCUT2D eigenvalue weighted by atomic mass is 35.5. The van der Waals surface area contributed by atoms with Crippen LogP contribution in [0.4, 0.5) is 5.69 Å². The van der Waals surface area contributed by atoms with E-state index in [0.717, 1.165) is 24.3 Å². The van der Waals surface area contributed by atoms with E-state index in [1.165, 1.54) is 4.57 Å². The van der Waals surface area contributed by atoms with Gasteiger partial charge in [0.05, 0.1) is 5.03 Å². The van der Waals surface area contributed by atoms with E-state index in [0.29, 0.717) is 10.6 Å². The second kappa shape index (κ2) is 6.88. The fraction of sp³-hybridized carbons (Fsp3) is 0.353. The summed E-state index contributed by atoms with van der Waals surface area (Å²) in [5.74, 6) is 0. The molecule has 0 aliphatic carbocycles. The van der Waals surface area contributed by atoms with E-state index in [4.69, 9.17) is 16.0 Å². The van der Waals surface area contributed by atoms with Crippen LogP contribution in [0.1, 0.15) is 26.3 Å². The zero-order valence-corrected chi connectivity index (χ0v) is 14.1. The van der Waals surface area contributed by atoms with Gasteiger partial charge in [-0.25, -0.2) is 0 Å². The van der Waals surface area contributed by atoms with Gasteiger partial charge in [-0.3, -0.25) is 9.36 Å². The quantitative estimate of drug-likeness (QED) is 0.865. The second-order valence-corrected chi connectivity index (χ2v) is 5.33. The third kappa shape index (κ3) is 2.97. The molecule has 0 N–H and O–H groups in total. The Labute approximate surface area is 134 Å². The van der Waals surface area contributed by atoms with Crippen molar-refractivity contribution in [1.82, 2.24) is 4.57 Å². The molecule has 0 saturated carbocycles. The molecule has 0 saturated heterocycles. The van der Waals surface area contributed by atoms with Crippen LogP contribution in [-0.2, 0) is 7.05 Å². The third-order valence-corrected chi connectivity index (χ3v) is 4.12. The Morgan fingerprint density at radius 3 is 2.32 bits per heavy atom. The van der Waals surface area contributed by atoms with Crippen molar-refractivity contribution in [3.63, 3.8) is 0 Å². The zero-order chi connectivity index (χ0) is 16.3. The molecule has 0 aliphatic heterocycles. The number of oxazole rings is 1. The molecule has 2 aromatic rings. The summed E-state index contributed by atoms with van der Waals surface area (Å²) in [5, 5.41) is 0.333. The molecule has 0 aliphatic rings. The Bertz CT molecular complexity index is 812. The minimum atomic E-state index is -0.231. The predicted molar refractivity (Wildman–Crippen MR) is 91.7 cm³/mol. The van der Waals surface area contributed by atoms with E-state index < -0.39 is 0 Å². The van der Waals surface area contributed by atoms with Crippen LogP contribution < -0.4 is 21.4 Å². The van der Waals surface area contributed by atoms with Crippen molar-refractivity contribution in [2.24, 2.45) is 7.05 Å². The number of nitrogens with zero attached hydrogens (tertiary/aromatic N) is 2. The number of aromatic nitrogens is 1. The molecule has 0 fully saturated rings. The molecule has 4 nitrogen and oxygen atoms in total. The van der Waals surface area contributed by atoms with Gasteiger partial charge >= 0.3 is 0 Å². The van der Waals surface area contributed by atoms with Gasteiger partial charge in [0.15, 0.2) is 5.55 Å². The number of halogens is 1. The lowest BCUT2D eigenvalue weighted by molar-refractivity contribution is 0.474. The maximum Gasteiger partial charge on any atom is 0.297 e. The lowest BCUT2D eigenvalue weighted by Gasteiger charge is -2.20. The van der Waals surface area contributed by atoms with Gasteiger partial charge in [-0.05, 0) is 44.5 Å². The van der Waals surface area contributed by atoms with Gasteiger partial charge in [-0.15, -0.1) is 0 Å². The SMILES string of the molecule is CC=c1o/c(=C(\Cl)c2ccc(N(CC)CC)cc2)c(=O)n1C. The minimum absolute atomic E-state index is 0.174. The standard InChI is InChI=1S/C17H21ClN2O2/c1-5-14-19(4)17(21)16(22-14)15(18)12-8-10-13(11-9-12)20(6-2)7-3/h5,8-11H,6-7H2,1-4H3/b14-5?,16-15-. The Hall–Kier alpha value is -1.94. The molecule has 0 spiro atoms. The summed E-state index contributed by atoms with van der Waals surface area (Å²) in [7, 11) is 1.66. The number of benzene rings is 1. The normalized spacial score (nSPS) is 13.4. The molecule has 1 aromatic heterocycles. The molecule has 5 heteroatoms. The molecule has 0 unspecified atom stereocenters. The summed E-state index contributed by atoms with van der Waals surface area (Å²) in [6, 6.07) is 7.83. The van der Waals surface area contributed by atoms with Crippen molar-refractivity contribution in [3.05, 3.63) is 51.1 Å². The van der Waals surface area contributed by atoms with Crippen LogP contribution in [0.15, 0.2) is 33.5 Å². The monoisotopic (exact) mass is 320 g/mol. The highest BCUT2D eigenvalue weighted by Crippen LogP contribution is 2.20. The molecule has 2 rings (SSSR count). The van der Waals surface area contributed by atoms with E-state index in [2.05, 4.69) is 18.7 Å². The van der Waals surface area contributed by atoms with Gasteiger partial charge in [0.2, 0.25) is 5.42 Å². The fourth-order valence-corrected chi connectivity index (χ4v) is 2.64. The van der Waals surface area contributed by atoms with Crippen molar-refractivity contribution in [2.45, 2.75) is 20.8 Å². The van der Waals surface area contributed by atoms with Crippen molar-refractivity contribution in [1.29, 1.82) is 0 Å². The van der Waals surface area contributed by atoms with Crippen LogP contribution >= 0.6 is 11.6 Å². The second-order valence-electron chi connectivity index (χ2n) is 4.96. The van der Waals surface area contributed by atoms with Gasteiger partial charge in [0, 0.05) is 25.8 Å². The van der Waals surface area contributed by atoms with Crippen molar-refractivity contribution < 1.29 is 4.42 Å². The molecule has 0 atom stereocenters. The summed E-state index contributed by atoms with van der Waals surface area (Å²) >= 11 is 6.36. The van der Waals surface area contributed by atoms with Crippen LogP contribution in [0.25, 0.3) is 11.1 Å². The van der Waals surface area contributed by atoms with Gasteiger partial charge < -0.3 is 9.32 Å². The predicted octanol–water partition coefficient (Wildman–Crippen LogP) is 2.02. The van der Waals surface area contributed by atoms with Crippen molar-refractivity contribution in [3.8, 4) is 0 Å². The lowest BCUT2D eigenvalue weighted by Crippen LogP contribution is -2.29. The molecular formula is C17H21ClN2O2. The topological polar surface area (TPSA) is 38.4 Å². The van der Waals surface area contributed by atoms with Gasteiger partial charge in [-0.2, -0.15) is 0 Å². The first kappa shape index (κ1) is 16.4. The van der Waals surface area contributed by atoms with E-state index in [-0.39, 0.29) is 11.0 Å². The van der Waals surface area contributed by atoms with Crippen LogP contribution in [0.2, 0.25) is 0 Å². The Morgan fingerprint density at radius 1 is 1.27 bits per heavy atom. The summed E-state index contributed by atoms with van der Waals surface area (Å²) in [4.78, 5) is 14.4. The smallest absolute Gasteiger partial charge is 0.297 e. The first-order chi connectivity index (χ1) is 10.5. The fourth-order valence-electron chi connectivity index (χ4n) is 2.40. The lowest BCUT2D eigenvalue weighted by atomic mass is 10.2. The minimum Gasteiger partial charge on any atom is -0.434 e. The zero-order valence-electron chi connectivity index (χ0n) is 13.4. The largest absolute Gasteiger partial charge is 0.434 e. The summed E-state index contributed by atoms with van der Waals surface area (Å²) < 4.78 is 6.99.